The predicted molar refractivity (Wildman–Crippen MR) is 81.3 cm³/mol. The van der Waals surface area contributed by atoms with Gasteiger partial charge < -0.3 is 0 Å². The smallest absolute Gasteiger partial charge is 0.145 e. The fourth-order valence-electron chi connectivity index (χ4n) is 2.08. The molecule has 1 heterocycles. The van der Waals surface area contributed by atoms with Crippen molar-refractivity contribution in [2.24, 2.45) is 10.3 Å². The zero-order valence-corrected chi connectivity index (χ0v) is 12.7. The minimum absolute atomic E-state index is 0.105. The molecule has 23 heavy (non-hydrogen) atoms. The Morgan fingerprint density at radius 1 is 1.00 bits per heavy atom. The van der Waals surface area contributed by atoms with Crippen molar-refractivity contribution in [2.75, 3.05) is 0 Å². The Morgan fingerprint density at radius 3 is 2.35 bits per heavy atom. The molecule has 4 nitrogen and oxygen atoms in total. The minimum atomic E-state index is -0.929. The highest BCUT2D eigenvalue weighted by Gasteiger charge is 2.23. The molecule has 0 fully saturated rings. The lowest BCUT2D eigenvalue weighted by Gasteiger charge is -2.07. The van der Waals surface area contributed by atoms with Crippen molar-refractivity contribution in [1.82, 2.24) is 5.43 Å². The van der Waals surface area contributed by atoms with Gasteiger partial charge in [0.05, 0.1) is 11.6 Å². The lowest BCUT2D eigenvalue weighted by Crippen LogP contribution is -1.98. The molecule has 0 atom stereocenters. The summed E-state index contributed by atoms with van der Waals surface area (Å²) in [5, 5.41) is 16.3. The van der Waals surface area contributed by atoms with E-state index in [0.717, 1.165) is 12.1 Å². The molecule has 3 rings (SSSR count). The van der Waals surface area contributed by atoms with Gasteiger partial charge in [-0.25, -0.2) is 8.78 Å². The zero-order chi connectivity index (χ0) is 16.6. The molecule has 8 heteroatoms. The van der Waals surface area contributed by atoms with Gasteiger partial charge in [-0.2, -0.15) is 5.26 Å². The van der Waals surface area contributed by atoms with Crippen molar-refractivity contribution in [3.05, 3.63) is 68.7 Å². The fourth-order valence-corrected chi connectivity index (χ4v) is 2.37. The molecular formula is C15H5Cl2F2N4. The van der Waals surface area contributed by atoms with Crippen LogP contribution >= 0.6 is 23.2 Å². The number of nitrogens with zero attached hydrogens (tertiary/aromatic N) is 4. The normalized spacial score (nSPS) is 13.2. The highest BCUT2D eigenvalue weighted by molar-refractivity contribution is 6.31. The van der Waals surface area contributed by atoms with Crippen molar-refractivity contribution < 1.29 is 8.78 Å². The number of hydrogen-bond acceptors (Lipinski definition) is 3. The van der Waals surface area contributed by atoms with Crippen LogP contribution in [-0.4, -0.2) is 0 Å². The third kappa shape index (κ3) is 2.77. The van der Waals surface area contributed by atoms with Crippen molar-refractivity contribution in [3.63, 3.8) is 0 Å². The van der Waals surface area contributed by atoms with Gasteiger partial charge in [0.25, 0.3) is 0 Å². The van der Waals surface area contributed by atoms with Crippen molar-refractivity contribution in [2.45, 2.75) is 0 Å². The third-order valence-electron chi connectivity index (χ3n) is 3.13. The highest BCUT2D eigenvalue weighted by atomic mass is 35.5. The van der Waals surface area contributed by atoms with Gasteiger partial charge in [0.1, 0.15) is 28.1 Å². The summed E-state index contributed by atoms with van der Waals surface area (Å²) in [6.45, 7) is 0. The van der Waals surface area contributed by atoms with Crippen LogP contribution in [0.5, 0.6) is 0 Å². The molecule has 1 radical (unpaired) electrons. The molecule has 0 saturated heterocycles. The van der Waals surface area contributed by atoms with Crippen LogP contribution in [0.3, 0.4) is 0 Å². The molecule has 0 spiro atoms. The first kappa shape index (κ1) is 15.4. The summed E-state index contributed by atoms with van der Waals surface area (Å²) in [7, 11) is 0. The molecule has 0 N–H and O–H groups in total. The Balaban J connectivity index is 2.22. The van der Waals surface area contributed by atoms with E-state index in [1.807, 2.05) is 6.07 Å². The maximum atomic E-state index is 13.7. The number of rotatable bonds is 2. The molecule has 0 aromatic heterocycles. The van der Waals surface area contributed by atoms with Gasteiger partial charge in [-0.3, -0.25) is 0 Å². The second kappa shape index (κ2) is 5.95. The van der Waals surface area contributed by atoms with Crippen LogP contribution in [0, 0.1) is 23.0 Å². The SMILES string of the molecule is N#Cc1ccc(Cl)cc1C1=C(c2cc(F)c(Cl)c(F)c2)N=N[N]1. The van der Waals surface area contributed by atoms with E-state index in [1.54, 1.807) is 6.07 Å². The lowest BCUT2D eigenvalue weighted by molar-refractivity contribution is 0.583. The van der Waals surface area contributed by atoms with Gasteiger partial charge in [-0.05, 0) is 35.6 Å². The van der Waals surface area contributed by atoms with Gasteiger partial charge in [0, 0.05) is 16.1 Å². The number of benzene rings is 2. The molecule has 1 aliphatic heterocycles. The average Bonchev–Trinajstić information content (AvgIpc) is 3.01. The first-order valence-corrected chi connectivity index (χ1v) is 6.98. The van der Waals surface area contributed by atoms with E-state index in [1.165, 1.54) is 12.1 Å². The summed E-state index contributed by atoms with van der Waals surface area (Å²) in [5.41, 5.74) is 4.93. The molecule has 2 aromatic rings. The van der Waals surface area contributed by atoms with E-state index in [0.29, 0.717) is 10.6 Å². The van der Waals surface area contributed by atoms with Crippen molar-refractivity contribution in [1.29, 1.82) is 5.26 Å². The van der Waals surface area contributed by atoms with Crippen LogP contribution in [0.4, 0.5) is 8.78 Å². The monoisotopic (exact) mass is 349 g/mol. The Kier molecular flexibility index (Phi) is 3.99. The summed E-state index contributed by atoms with van der Waals surface area (Å²) in [6, 6.07) is 8.62. The van der Waals surface area contributed by atoms with Crippen molar-refractivity contribution in [3.8, 4) is 6.07 Å². The Labute approximate surface area is 139 Å². The van der Waals surface area contributed by atoms with Crippen LogP contribution in [0.1, 0.15) is 16.7 Å². The topological polar surface area (TPSA) is 62.6 Å². The Hall–Kier alpha value is -2.49. The molecule has 113 valence electrons. The van der Waals surface area contributed by atoms with E-state index in [2.05, 4.69) is 15.8 Å². The molecule has 2 aromatic carbocycles. The maximum Gasteiger partial charge on any atom is 0.145 e. The van der Waals surface area contributed by atoms with Crippen LogP contribution in [0.2, 0.25) is 10.0 Å². The van der Waals surface area contributed by atoms with E-state index in [9.17, 15) is 14.0 Å². The summed E-state index contributed by atoms with van der Waals surface area (Å²) in [6.07, 6.45) is 0. The maximum absolute atomic E-state index is 13.7. The number of nitriles is 1. The molecule has 1 aliphatic rings. The third-order valence-corrected chi connectivity index (χ3v) is 3.72. The highest BCUT2D eigenvalue weighted by Crippen LogP contribution is 2.35. The average molecular weight is 350 g/mol. The fraction of sp³-hybridized carbons (Fsp3) is 0. The van der Waals surface area contributed by atoms with Gasteiger partial charge in [0.15, 0.2) is 0 Å². The van der Waals surface area contributed by atoms with E-state index in [4.69, 9.17) is 23.2 Å². The quantitative estimate of drug-likeness (QED) is 0.707. The number of hydrogen-bond donors (Lipinski definition) is 0. The van der Waals surface area contributed by atoms with Crippen LogP contribution in [-0.2, 0) is 0 Å². The van der Waals surface area contributed by atoms with Crippen molar-refractivity contribution >= 4 is 34.6 Å². The Bertz CT molecular complexity index is 893. The lowest BCUT2D eigenvalue weighted by atomic mass is 10.0. The molecule has 0 saturated carbocycles. The molecular weight excluding hydrogens is 345 g/mol. The minimum Gasteiger partial charge on any atom is -0.205 e. The summed E-state index contributed by atoms with van der Waals surface area (Å²) < 4.78 is 27.3. The summed E-state index contributed by atoms with van der Waals surface area (Å²) in [5.74, 6) is -1.86. The second-order valence-electron chi connectivity index (χ2n) is 4.54. The summed E-state index contributed by atoms with van der Waals surface area (Å²) in [4.78, 5) is 0. The predicted octanol–water partition coefficient (Wildman–Crippen LogP) is 4.95. The molecule has 0 aliphatic carbocycles. The molecule has 0 amide bonds. The van der Waals surface area contributed by atoms with Crippen LogP contribution in [0.25, 0.3) is 11.4 Å². The van der Waals surface area contributed by atoms with E-state index < -0.39 is 16.7 Å². The van der Waals surface area contributed by atoms with E-state index in [-0.39, 0.29) is 22.5 Å². The first-order chi connectivity index (χ1) is 11.0. The summed E-state index contributed by atoms with van der Waals surface area (Å²) >= 11 is 11.4. The largest absolute Gasteiger partial charge is 0.205 e. The van der Waals surface area contributed by atoms with Gasteiger partial charge >= 0.3 is 0 Å². The number of halogens is 4. The standard InChI is InChI=1S/C15H5Cl2F2N4/c16-9-2-1-7(6-20)10(5-9)15-14(21-23-22-15)8-3-11(18)13(17)12(19)4-8/h1-5H. The van der Waals surface area contributed by atoms with Crippen LogP contribution < -0.4 is 5.43 Å². The van der Waals surface area contributed by atoms with Crippen LogP contribution in [0.15, 0.2) is 40.7 Å². The second-order valence-corrected chi connectivity index (χ2v) is 5.36. The Morgan fingerprint density at radius 2 is 1.70 bits per heavy atom. The van der Waals surface area contributed by atoms with Gasteiger partial charge in [0.2, 0.25) is 0 Å². The van der Waals surface area contributed by atoms with E-state index >= 15 is 0 Å². The first-order valence-electron chi connectivity index (χ1n) is 6.22. The van der Waals surface area contributed by atoms with Gasteiger partial charge in [-0.1, -0.05) is 23.2 Å². The molecule has 0 bridgehead atoms. The molecule has 0 unspecified atom stereocenters. The van der Waals surface area contributed by atoms with Gasteiger partial charge in [-0.15, -0.1) is 10.5 Å². The zero-order valence-electron chi connectivity index (χ0n) is 11.2.